The quantitative estimate of drug-likeness (QED) is 0.828. The smallest absolute Gasteiger partial charge is 0.230 e. The highest BCUT2D eigenvalue weighted by molar-refractivity contribution is 8.00. The maximum atomic E-state index is 11.6. The molecule has 2 rings (SSSR count). The number of nitrogens with zero attached hydrogens (tertiary/aromatic N) is 1. The number of thioether (sulfide) groups is 1. The van der Waals surface area contributed by atoms with Crippen molar-refractivity contribution in [2.24, 2.45) is 5.92 Å². The van der Waals surface area contributed by atoms with Gasteiger partial charge in [0.2, 0.25) is 5.91 Å². The van der Waals surface area contributed by atoms with Crippen LogP contribution in [0.15, 0.2) is 29.2 Å². The van der Waals surface area contributed by atoms with Gasteiger partial charge in [0.05, 0.1) is 17.4 Å². The van der Waals surface area contributed by atoms with Gasteiger partial charge in [-0.25, -0.2) is 0 Å². The lowest BCUT2D eigenvalue weighted by Crippen LogP contribution is -2.33. The van der Waals surface area contributed by atoms with E-state index in [0.29, 0.717) is 17.2 Å². The van der Waals surface area contributed by atoms with Crippen LogP contribution in [0.1, 0.15) is 24.8 Å². The zero-order valence-electron chi connectivity index (χ0n) is 10.2. The average Bonchev–Trinajstić information content (AvgIpc) is 2.35. The second kappa shape index (κ2) is 6.46. The lowest BCUT2D eigenvalue weighted by atomic mass is 9.85. The minimum atomic E-state index is 0.0780. The standard InChI is InChI=1S/C14H16N2OS/c15-8-12-5-2-6-13(7-12)18-10-14(17)16-9-11-3-1-4-11/h2,5-7,11H,1,3-4,9-10H2,(H,16,17). The molecule has 1 N–H and O–H groups in total. The molecule has 3 nitrogen and oxygen atoms in total. The number of rotatable bonds is 5. The molecule has 0 aromatic heterocycles. The van der Waals surface area contributed by atoms with Crippen LogP contribution in [0.4, 0.5) is 0 Å². The molecule has 0 aliphatic heterocycles. The summed E-state index contributed by atoms with van der Waals surface area (Å²) < 4.78 is 0. The van der Waals surface area contributed by atoms with Crippen molar-refractivity contribution < 1.29 is 4.79 Å². The van der Waals surface area contributed by atoms with Crippen LogP contribution < -0.4 is 5.32 Å². The van der Waals surface area contributed by atoms with Gasteiger partial charge in [0.15, 0.2) is 0 Å². The molecule has 1 fully saturated rings. The Bertz CT molecular complexity index is 463. The summed E-state index contributed by atoms with van der Waals surface area (Å²) in [5.74, 6) is 1.19. The lowest BCUT2D eigenvalue weighted by Gasteiger charge is -2.25. The van der Waals surface area contributed by atoms with Crippen LogP contribution in [0.5, 0.6) is 0 Å². The fourth-order valence-electron chi connectivity index (χ4n) is 1.81. The number of carbonyl (C=O) groups is 1. The van der Waals surface area contributed by atoms with E-state index in [0.717, 1.165) is 11.4 Å². The topological polar surface area (TPSA) is 52.9 Å². The van der Waals surface area contributed by atoms with Gasteiger partial charge < -0.3 is 5.32 Å². The monoisotopic (exact) mass is 260 g/mol. The van der Waals surface area contributed by atoms with Crippen molar-refractivity contribution in [3.63, 3.8) is 0 Å². The van der Waals surface area contributed by atoms with E-state index in [1.54, 1.807) is 6.07 Å². The van der Waals surface area contributed by atoms with Gasteiger partial charge in [0, 0.05) is 11.4 Å². The van der Waals surface area contributed by atoms with Crippen molar-refractivity contribution in [3.05, 3.63) is 29.8 Å². The van der Waals surface area contributed by atoms with Crippen LogP contribution in [0.25, 0.3) is 0 Å². The van der Waals surface area contributed by atoms with Crippen molar-refractivity contribution >= 4 is 17.7 Å². The largest absolute Gasteiger partial charge is 0.355 e. The van der Waals surface area contributed by atoms with Gasteiger partial charge in [-0.3, -0.25) is 4.79 Å². The Morgan fingerprint density at radius 1 is 1.50 bits per heavy atom. The van der Waals surface area contributed by atoms with Crippen LogP contribution in [0, 0.1) is 17.2 Å². The Morgan fingerprint density at radius 2 is 2.33 bits per heavy atom. The van der Waals surface area contributed by atoms with Crippen molar-refractivity contribution in [2.45, 2.75) is 24.2 Å². The van der Waals surface area contributed by atoms with E-state index in [9.17, 15) is 4.79 Å². The van der Waals surface area contributed by atoms with Crippen LogP contribution in [-0.2, 0) is 4.79 Å². The van der Waals surface area contributed by atoms with E-state index >= 15 is 0 Å². The summed E-state index contributed by atoms with van der Waals surface area (Å²) in [5.41, 5.74) is 0.634. The third-order valence-corrected chi connectivity index (χ3v) is 4.14. The Hall–Kier alpha value is -1.47. The molecule has 0 heterocycles. The number of benzene rings is 1. The summed E-state index contributed by atoms with van der Waals surface area (Å²) in [6, 6.07) is 9.43. The molecule has 0 atom stereocenters. The minimum Gasteiger partial charge on any atom is -0.355 e. The predicted molar refractivity (Wildman–Crippen MR) is 72.2 cm³/mol. The summed E-state index contributed by atoms with van der Waals surface area (Å²) in [7, 11) is 0. The molecule has 1 amide bonds. The van der Waals surface area contributed by atoms with Gasteiger partial charge in [0.1, 0.15) is 0 Å². The third kappa shape index (κ3) is 3.78. The Labute approximate surface area is 112 Å². The number of carbonyl (C=O) groups excluding carboxylic acids is 1. The zero-order valence-corrected chi connectivity index (χ0v) is 11.0. The summed E-state index contributed by atoms with van der Waals surface area (Å²) in [5, 5.41) is 11.7. The average molecular weight is 260 g/mol. The highest BCUT2D eigenvalue weighted by Crippen LogP contribution is 2.25. The van der Waals surface area contributed by atoms with Gasteiger partial charge in [-0.1, -0.05) is 12.5 Å². The molecule has 94 valence electrons. The first-order valence-electron chi connectivity index (χ1n) is 6.17. The van der Waals surface area contributed by atoms with E-state index in [1.807, 2.05) is 18.2 Å². The predicted octanol–water partition coefficient (Wildman–Crippen LogP) is 2.57. The maximum absolute atomic E-state index is 11.6. The van der Waals surface area contributed by atoms with Gasteiger partial charge in [-0.05, 0) is 37.0 Å². The molecular weight excluding hydrogens is 244 g/mol. The van der Waals surface area contributed by atoms with Crippen LogP contribution in [0.2, 0.25) is 0 Å². The van der Waals surface area contributed by atoms with Crippen molar-refractivity contribution in [1.29, 1.82) is 5.26 Å². The van der Waals surface area contributed by atoms with Crippen LogP contribution in [-0.4, -0.2) is 18.2 Å². The number of hydrogen-bond donors (Lipinski definition) is 1. The molecule has 1 saturated carbocycles. The molecule has 1 aromatic rings. The third-order valence-electron chi connectivity index (χ3n) is 3.15. The first-order valence-corrected chi connectivity index (χ1v) is 7.16. The number of nitrogens with one attached hydrogen (secondary N) is 1. The molecule has 4 heteroatoms. The molecule has 0 saturated heterocycles. The van der Waals surface area contributed by atoms with Gasteiger partial charge in [-0.2, -0.15) is 5.26 Å². The first-order chi connectivity index (χ1) is 8.78. The van der Waals surface area contributed by atoms with E-state index in [1.165, 1.54) is 31.0 Å². The Morgan fingerprint density at radius 3 is 3.00 bits per heavy atom. The fraction of sp³-hybridized carbons (Fsp3) is 0.429. The molecular formula is C14H16N2OS. The van der Waals surface area contributed by atoms with Crippen molar-refractivity contribution in [1.82, 2.24) is 5.32 Å². The van der Waals surface area contributed by atoms with E-state index in [-0.39, 0.29) is 5.91 Å². The van der Waals surface area contributed by atoms with Gasteiger partial charge >= 0.3 is 0 Å². The molecule has 0 unspecified atom stereocenters. The van der Waals surface area contributed by atoms with Gasteiger partial charge in [0.25, 0.3) is 0 Å². The molecule has 1 aliphatic rings. The van der Waals surface area contributed by atoms with Crippen molar-refractivity contribution in [3.8, 4) is 6.07 Å². The Balaban J connectivity index is 1.72. The fourth-order valence-corrected chi connectivity index (χ4v) is 2.60. The van der Waals surface area contributed by atoms with Crippen LogP contribution >= 0.6 is 11.8 Å². The van der Waals surface area contributed by atoms with Crippen molar-refractivity contribution in [2.75, 3.05) is 12.3 Å². The minimum absolute atomic E-state index is 0.0780. The van der Waals surface area contributed by atoms with E-state index in [4.69, 9.17) is 5.26 Å². The summed E-state index contributed by atoms with van der Waals surface area (Å²) in [4.78, 5) is 12.6. The van der Waals surface area contributed by atoms with E-state index < -0.39 is 0 Å². The maximum Gasteiger partial charge on any atom is 0.230 e. The Kier molecular flexibility index (Phi) is 4.66. The summed E-state index contributed by atoms with van der Waals surface area (Å²) in [6.07, 6.45) is 3.80. The molecule has 0 radical (unpaired) electrons. The first kappa shape index (κ1) is 13.0. The van der Waals surface area contributed by atoms with E-state index in [2.05, 4.69) is 11.4 Å². The van der Waals surface area contributed by atoms with Gasteiger partial charge in [-0.15, -0.1) is 11.8 Å². The SMILES string of the molecule is N#Cc1cccc(SCC(=O)NCC2CCC2)c1. The number of hydrogen-bond acceptors (Lipinski definition) is 3. The number of nitriles is 1. The molecule has 0 spiro atoms. The lowest BCUT2D eigenvalue weighted by molar-refractivity contribution is -0.118. The second-order valence-corrected chi connectivity index (χ2v) is 5.58. The summed E-state index contributed by atoms with van der Waals surface area (Å²) in [6.45, 7) is 0.817. The molecule has 18 heavy (non-hydrogen) atoms. The zero-order chi connectivity index (χ0) is 12.8. The highest BCUT2D eigenvalue weighted by Gasteiger charge is 2.17. The molecule has 1 aromatic carbocycles. The van der Waals surface area contributed by atoms with Crippen LogP contribution in [0.3, 0.4) is 0 Å². The molecule has 1 aliphatic carbocycles. The second-order valence-electron chi connectivity index (χ2n) is 4.53. The summed E-state index contributed by atoms with van der Waals surface area (Å²) >= 11 is 1.47. The molecule has 0 bridgehead atoms. The normalized spacial score (nSPS) is 14.6. The number of amides is 1. The highest BCUT2D eigenvalue weighted by atomic mass is 32.2.